The maximum Gasteiger partial charge on any atom is 0.341 e. The van der Waals surface area contributed by atoms with E-state index in [9.17, 15) is 14.7 Å². The first-order valence-electron chi connectivity index (χ1n) is 9.64. The number of nitrogens with zero attached hydrogens (tertiary/aromatic N) is 3. The first kappa shape index (κ1) is 20.7. The molecule has 0 radical (unpaired) electrons. The Kier molecular flexibility index (Phi) is 5.85. The van der Waals surface area contributed by atoms with Gasteiger partial charge in [-0.05, 0) is 41.1 Å². The van der Waals surface area contributed by atoms with Gasteiger partial charge >= 0.3 is 5.97 Å². The van der Waals surface area contributed by atoms with Crippen LogP contribution in [0.2, 0.25) is 0 Å². The Hall–Kier alpha value is -4.59. The first-order chi connectivity index (χ1) is 15.6. The smallest absolute Gasteiger partial charge is 0.341 e. The van der Waals surface area contributed by atoms with E-state index >= 15 is 0 Å². The molecule has 0 unspecified atom stereocenters. The van der Waals surface area contributed by atoms with E-state index in [1.807, 2.05) is 12.1 Å². The summed E-state index contributed by atoms with van der Waals surface area (Å²) in [7, 11) is 1.25. The van der Waals surface area contributed by atoms with Crippen molar-refractivity contribution in [1.29, 1.82) is 0 Å². The Labute approximate surface area is 183 Å². The number of hydrogen-bond acceptors (Lipinski definition) is 7. The summed E-state index contributed by atoms with van der Waals surface area (Å²) in [6.07, 6.45) is 1.46. The Morgan fingerprint density at radius 2 is 1.72 bits per heavy atom. The molecule has 0 aliphatic rings. The van der Waals surface area contributed by atoms with Gasteiger partial charge in [-0.3, -0.25) is 4.79 Å². The third-order valence-corrected chi connectivity index (χ3v) is 4.70. The third-order valence-electron chi connectivity index (χ3n) is 4.70. The minimum Gasteiger partial charge on any atom is -0.505 e. The minimum absolute atomic E-state index is 0.0298. The average Bonchev–Trinajstić information content (AvgIpc) is 2.83. The maximum atomic E-state index is 13.0. The molecule has 2 N–H and O–H groups in total. The van der Waals surface area contributed by atoms with E-state index in [0.29, 0.717) is 16.5 Å². The number of fused-ring (bicyclic) bond motifs is 1. The fourth-order valence-corrected chi connectivity index (χ4v) is 3.19. The molecule has 0 saturated heterocycles. The van der Waals surface area contributed by atoms with Crippen molar-refractivity contribution in [3.63, 3.8) is 0 Å². The Morgan fingerprint density at radius 3 is 2.50 bits per heavy atom. The molecule has 4 rings (SSSR count). The van der Waals surface area contributed by atoms with Gasteiger partial charge < -0.3 is 15.2 Å². The van der Waals surface area contributed by atoms with Crippen LogP contribution in [0.15, 0.2) is 89.2 Å². The van der Waals surface area contributed by atoms with Crippen molar-refractivity contribution in [2.24, 2.45) is 10.2 Å². The average molecular weight is 426 g/mol. The monoisotopic (exact) mass is 426 g/mol. The number of esters is 1. The van der Waals surface area contributed by atoms with Gasteiger partial charge in [-0.25, -0.2) is 9.78 Å². The van der Waals surface area contributed by atoms with Crippen LogP contribution in [0.4, 0.5) is 17.2 Å². The number of methoxy groups -OCH3 is 1. The van der Waals surface area contributed by atoms with Crippen LogP contribution in [0.5, 0.6) is 5.75 Å². The number of pyridine rings is 1. The number of anilines is 1. The van der Waals surface area contributed by atoms with Gasteiger partial charge in [0.1, 0.15) is 11.3 Å². The highest BCUT2D eigenvalue weighted by Gasteiger charge is 2.20. The van der Waals surface area contributed by atoms with E-state index in [4.69, 9.17) is 4.74 Å². The number of amides is 1. The lowest BCUT2D eigenvalue weighted by atomic mass is 10.0. The minimum atomic E-state index is -0.613. The fourth-order valence-electron chi connectivity index (χ4n) is 3.19. The van der Waals surface area contributed by atoms with Gasteiger partial charge in [-0.2, -0.15) is 0 Å². The van der Waals surface area contributed by atoms with Crippen LogP contribution in [0.25, 0.3) is 10.8 Å². The lowest BCUT2D eigenvalue weighted by Gasteiger charge is -2.12. The summed E-state index contributed by atoms with van der Waals surface area (Å²) >= 11 is 0. The Morgan fingerprint density at radius 1 is 0.969 bits per heavy atom. The standard InChI is InChI=1S/C24H18N4O4/c1-32-24(31)18-12-7-13-25-22(18)28-27-19-14-15-8-5-6-11-17(15)20(21(19)29)23(30)26-16-9-3-2-4-10-16/h2-14,29H,1H3,(H,26,30). The number of carbonyl (C=O) groups excluding carboxylic acids is 2. The van der Waals surface area contributed by atoms with Gasteiger partial charge in [0.05, 0.1) is 12.7 Å². The van der Waals surface area contributed by atoms with Crippen molar-refractivity contribution in [3.8, 4) is 5.75 Å². The molecular formula is C24H18N4O4. The first-order valence-corrected chi connectivity index (χ1v) is 9.64. The van der Waals surface area contributed by atoms with Crippen LogP contribution in [-0.2, 0) is 4.74 Å². The van der Waals surface area contributed by atoms with Crippen LogP contribution in [0.1, 0.15) is 20.7 Å². The molecule has 0 spiro atoms. The summed E-state index contributed by atoms with van der Waals surface area (Å²) in [5.74, 6) is -1.41. The molecule has 4 aromatic rings. The van der Waals surface area contributed by atoms with Crippen molar-refractivity contribution in [2.75, 3.05) is 12.4 Å². The van der Waals surface area contributed by atoms with E-state index in [1.54, 1.807) is 54.6 Å². The van der Waals surface area contributed by atoms with Gasteiger partial charge in [0.15, 0.2) is 11.6 Å². The summed E-state index contributed by atoms with van der Waals surface area (Å²) in [6.45, 7) is 0. The van der Waals surface area contributed by atoms with Crippen molar-refractivity contribution < 1.29 is 19.4 Å². The van der Waals surface area contributed by atoms with Crippen molar-refractivity contribution >= 4 is 39.8 Å². The van der Waals surface area contributed by atoms with Crippen molar-refractivity contribution in [2.45, 2.75) is 0 Å². The second-order valence-corrected chi connectivity index (χ2v) is 6.73. The van der Waals surface area contributed by atoms with Crippen LogP contribution >= 0.6 is 0 Å². The number of hydrogen-bond donors (Lipinski definition) is 2. The molecule has 1 heterocycles. The normalized spacial score (nSPS) is 10.9. The molecule has 0 saturated carbocycles. The largest absolute Gasteiger partial charge is 0.505 e. The Balaban J connectivity index is 1.79. The molecule has 32 heavy (non-hydrogen) atoms. The summed E-state index contributed by atoms with van der Waals surface area (Å²) in [5, 5.41) is 23.0. The zero-order chi connectivity index (χ0) is 22.5. The maximum absolute atomic E-state index is 13.0. The molecule has 8 nitrogen and oxygen atoms in total. The predicted molar refractivity (Wildman–Crippen MR) is 120 cm³/mol. The van der Waals surface area contributed by atoms with Gasteiger partial charge in [0, 0.05) is 11.9 Å². The number of carbonyl (C=O) groups is 2. The van der Waals surface area contributed by atoms with E-state index in [0.717, 1.165) is 0 Å². The number of azo groups is 1. The number of rotatable bonds is 5. The molecule has 0 fully saturated rings. The van der Waals surface area contributed by atoms with Crippen molar-refractivity contribution in [3.05, 3.63) is 90.1 Å². The fraction of sp³-hybridized carbons (Fsp3) is 0.0417. The molecule has 3 aromatic carbocycles. The van der Waals surface area contributed by atoms with E-state index in [2.05, 4.69) is 20.5 Å². The molecule has 1 amide bonds. The van der Waals surface area contributed by atoms with Crippen LogP contribution in [0, 0.1) is 0 Å². The molecular weight excluding hydrogens is 408 g/mol. The second kappa shape index (κ2) is 9.05. The topological polar surface area (TPSA) is 113 Å². The van der Waals surface area contributed by atoms with Crippen molar-refractivity contribution in [1.82, 2.24) is 4.98 Å². The molecule has 1 aromatic heterocycles. The quantitative estimate of drug-likeness (QED) is 0.328. The van der Waals surface area contributed by atoms with Crippen LogP contribution in [-0.4, -0.2) is 29.1 Å². The Bertz CT molecular complexity index is 1340. The van der Waals surface area contributed by atoms with Crippen LogP contribution < -0.4 is 5.32 Å². The lowest BCUT2D eigenvalue weighted by molar-refractivity contribution is 0.0601. The SMILES string of the molecule is COC(=O)c1cccnc1N=Nc1cc2ccccc2c(C(=O)Nc2ccccc2)c1O. The molecule has 0 aliphatic carbocycles. The molecule has 8 heteroatoms. The van der Waals surface area contributed by atoms with Gasteiger partial charge in [-0.15, -0.1) is 10.2 Å². The predicted octanol–water partition coefficient (Wildman–Crippen LogP) is 5.39. The molecule has 158 valence electrons. The molecule has 0 bridgehead atoms. The highest BCUT2D eigenvalue weighted by molar-refractivity contribution is 6.16. The zero-order valence-electron chi connectivity index (χ0n) is 17.0. The van der Waals surface area contributed by atoms with Gasteiger partial charge in [0.2, 0.25) is 0 Å². The number of benzene rings is 3. The summed E-state index contributed by atoms with van der Waals surface area (Å²) in [5.41, 5.74) is 0.837. The number of phenols is 1. The van der Waals surface area contributed by atoms with Gasteiger partial charge in [0.25, 0.3) is 5.91 Å². The third kappa shape index (κ3) is 4.15. The highest BCUT2D eigenvalue weighted by Crippen LogP contribution is 2.38. The molecule has 0 aliphatic heterocycles. The lowest BCUT2D eigenvalue weighted by Crippen LogP contribution is -2.12. The van der Waals surface area contributed by atoms with E-state index in [1.165, 1.54) is 19.4 Å². The van der Waals surface area contributed by atoms with Gasteiger partial charge in [-0.1, -0.05) is 42.5 Å². The number of nitrogens with one attached hydrogen (secondary N) is 1. The summed E-state index contributed by atoms with van der Waals surface area (Å²) in [6, 6.07) is 20.7. The summed E-state index contributed by atoms with van der Waals surface area (Å²) in [4.78, 5) is 29.0. The van der Waals surface area contributed by atoms with E-state index < -0.39 is 11.9 Å². The summed E-state index contributed by atoms with van der Waals surface area (Å²) < 4.78 is 4.73. The highest BCUT2D eigenvalue weighted by atomic mass is 16.5. The number of aromatic hydroxyl groups is 1. The van der Waals surface area contributed by atoms with E-state index in [-0.39, 0.29) is 28.4 Å². The number of ether oxygens (including phenoxy) is 1. The second-order valence-electron chi connectivity index (χ2n) is 6.73. The molecule has 0 atom stereocenters. The zero-order valence-corrected chi connectivity index (χ0v) is 17.0. The van der Waals surface area contributed by atoms with Crippen LogP contribution in [0.3, 0.4) is 0 Å². The number of para-hydroxylation sites is 1. The number of phenolic OH excluding ortho intramolecular Hbond substituents is 1. The number of aromatic nitrogens is 1.